The monoisotopic (exact) mass is 280 g/mol. The second kappa shape index (κ2) is 5.63. The average Bonchev–Trinajstić information content (AvgIpc) is 2.83. The fourth-order valence-electron chi connectivity index (χ4n) is 1.98. The second-order valence-electron chi connectivity index (χ2n) is 3.94. The van der Waals surface area contributed by atoms with Gasteiger partial charge in [-0.3, -0.25) is 0 Å². The van der Waals surface area contributed by atoms with Crippen LogP contribution in [-0.2, 0) is 13.1 Å². The number of imidazole rings is 1. The molecule has 0 aliphatic carbocycles. The quantitative estimate of drug-likeness (QED) is 0.520. The van der Waals surface area contributed by atoms with Gasteiger partial charge in [0.15, 0.2) is 10.4 Å². The van der Waals surface area contributed by atoms with Gasteiger partial charge in [-0.2, -0.15) is 5.10 Å². The van der Waals surface area contributed by atoms with Gasteiger partial charge in [-0.25, -0.2) is 4.68 Å². The smallest absolute Gasteiger partial charge is 0.179 e. The normalized spacial score (nSPS) is 10.9. The third kappa shape index (κ3) is 2.33. The molecule has 2 aromatic rings. The molecule has 2 rings (SSSR count). The van der Waals surface area contributed by atoms with Crippen LogP contribution in [0.15, 0.2) is 0 Å². The van der Waals surface area contributed by atoms with Gasteiger partial charge in [0.25, 0.3) is 0 Å². The molecule has 0 fully saturated rings. The lowest BCUT2D eigenvalue weighted by Gasteiger charge is -2.05. The Morgan fingerprint density at radius 2 is 2.33 bits per heavy atom. The Labute approximate surface area is 116 Å². The van der Waals surface area contributed by atoms with Gasteiger partial charge in [0.2, 0.25) is 0 Å². The number of aromatic amines is 1. The Bertz CT molecular complexity index is 641. The maximum Gasteiger partial charge on any atom is 0.179 e. The average molecular weight is 280 g/mol. The number of nitrogens with one attached hydrogen (secondary N) is 1. The van der Waals surface area contributed by atoms with Crippen molar-refractivity contribution in [3.05, 3.63) is 10.5 Å². The minimum atomic E-state index is 0.743. The molecule has 2 aromatic heterocycles. The van der Waals surface area contributed by atoms with E-state index in [-0.39, 0.29) is 0 Å². The summed E-state index contributed by atoms with van der Waals surface area (Å²) in [5.74, 6) is 4.33. The van der Waals surface area contributed by atoms with Crippen molar-refractivity contribution < 1.29 is 0 Å². The molecule has 0 spiro atoms. The molecular formula is C12H16N4S2. The molecule has 0 radical (unpaired) electrons. The summed E-state index contributed by atoms with van der Waals surface area (Å²) >= 11 is 7.11. The zero-order valence-electron chi connectivity index (χ0n) is 10.6. The number of nitrogens with zero attached hydrogens (tertiary/aromatic N) is 3. The summed E-state index contributed by atoms with van der Waals surface area (Å²) in [6.45, 7) is 5.78. The number of hydrogen-bond acceptors (Lipinski definition) is 3. The van der Waals surface area contributed by atoms with E-state index in [1.54, 1.807) is 11.8 Å². The van der Waals surface area contributed by atoms with Crippen molar-refractivity contribution in [1.82, 2.24) is 19.3 Å². The van der Waals surface area contributed by atoms with Crippen LogP contribution in [0.4, 0.5) is 0 Å². The molecule has 4 nitrogen and oxygen atoms in total. The van der Waals surface area contributed by atoms with Crippen molar-refractivity contribution in [3.8, 4) is 12.3 Å². The van der Waals surface area contributed by atoms with Crippen molar-refractivity contribution in [1.29, 1.82) is 0 Å². The van der Waals surface area contributed by atoms with Crippen LogP contribution >= 0.6 is 24.0 Å². The van der Waals surface area contributed by atoms with E-state index in [1.807, 2.05) is 11.6 Å². The number of terminal acetylenes is 1. The van der Waals surface area contributed by atoms with Gasteiger partial charge < -0.3 is 9.55 Å². The maximum absolute atomic E-state index is 5.37. The highest BCUT2D eigenvalue weighted by atomic mass is 32.2. The first-order chi connectivity index (χ1) is 8.69. The summed E-state index contributed by atoms with van der Waals surface area (Å²) in [7, 11) is 0. The van der Waals surface area contributed by atoms with Gasteiger partial charge in [-0.15, -0.1) is 18.2 Å². The van der Waals surface area contributed by atoms with Crippen LogP contribution in [0.2, 0.25) is 0 Å². The highest BCUT2D eigenvalue weighted by Gasteiger charge is 2.13. The topological polar surface area (TPSA) is 38.5 Å². The van der Waals surface area contributed by atoms with Gasteiger partial charge in [0.05, 0.1) is 11.4 Å². The van der Waals surface area contributed by atoms with E-state index in [4.69, 9.17) is 18.6 Å². The lowest BCUT2D eigenvalue weighted by Crippen LogP contribution is -2.07. The molecule has 0 saturated carbocycles. The largest absolute Gasteiger partial charge is 0.328 e. The van der Waals surface area contributed by atoms with Crippen molar-refractivity contribution >= 4 is 35.1 Å². The van der Waals surface area contributed by atoms with Crippen molar-refractivity contribution in [2.24, 2.45) is 0 Å². The molecule has 0 unspecified atom stereocenters. The van der Waals surface area contributed by atoms with Crippen LogP contribution in [0.1, 0.15) is 12.6 Å². The Morgan fingerprint density at radius 1 is 1.56 bits per heavy atom. The van der Waals surface area contributed by atoms with Gasteiger partial charge in [-0.05, 0) is 26.1 Å². The molecule has 0 atom stereocenters. The van der Waals surface area contributed by atoms with Crippen LogP contribution in [0.5, 0.6) is 0 Å². The van der Waals surface area contributed by atoms with Crippen molar-refractivity contribution in [2.75, 3.05) is 11.5 Å². The number of rotatable bonds is 5. The standard InChI is InChI=1S/C12H16N4S2/c1-4-7-18-8-6-15-11-10(13-12(15)17)9(3)14-16(11)5-2/h1H,5-8H2,2-3H3,(H,13,17). The summed E-state index contributed by atoms with van der Waals surface area (Å²) in [4.78, 5) is 3.24. The molecule has 96 valence electrons. The van der Waals surface area contributed by atoms with E-state index in [1.165, 1.54) is 0 Å². The van der Waals surface area contributed by atoms with E-state index in [0.29, 0.717) is 0 Å². The Kier molecular flexibility index (Phi) is 4.15. The Hall–Kier alpha value is -1.19. The SMILES string of the molecule is C#CCSCCn1c(=S)[nH]c2c(C)nn(CC)c21. The second-order valence-corrected chi connectivity index (χ2v) is 5.43. The molecule has 0 aliphatic rings. The third-order valence-corrected chi connectivity index (χ3v) is 3.94. The molecule has 0 aromatic carbocycles. The molecule has 1 N–H and O–H groups in total. The van der Waals surface area contributed by atoms with Crippen LogP contribution in [0.3, 0.4) is 0 Å². The van der Waals surface area contributed by atoms with Gasteiger partial charge >= 0.3 is 0 Å². The van der Waals surface area contributed by atoms with Gasteiger partial charge in [0.1, 0.15) is 5.52 Å². The molecule has 0 aliphatic heterocycles. The first-order valence-corrected chi connectivity index (χ1v) is 7.42. The fraction of sp³-hybridized carbons (Fsp3) is 0.500. The lowest BCUT2D eigenvalue weighted by atomic mass is 10.4. The maximum atomic E-state index is 5.37. The summed E-state index contributed by atoms with van der Waals surface area (Å²) in [5, 5.41) is 4.49. The van der Waals surface area contributed by atoms with E-state index in [9.17, 15) is 0 Å². The van der Waals surface area contributed by atoms with Gasteiger partial charge in [-0.1, -0.05) is 5.92 Å². The number of fused-ring (bicyclic) bond motifs is 1. The summed E-state index contributed by atoms with van der Waals surface area (Å²) in [6.07, 6.45) is 5.24. The van der Waals surface area contributed by atoms with Crippen molar-refractivity contribution in [3.63, 3.8) is 0 Å². The number of aromatic nitrogens is 4. The predicted molar refractivity (Wildman–Crippen MR) is 79.5 cm³/mol. The highest BCUT2D eigenvalue weighted by molar-refractivity contribution is 7.99. The van der Waals surface area contributed by atoms with Crippen LogP contribution in [0.25, 0.3) is 11.2 Å². The number of thioether (sulfide) groups is 1. The molecule has 2 heterocycles. The third-order valence-electron chi connectivity index (χ3n) is 2.78. The summed E-state index contributed by atoms with van der Waals surface area (Å²) in [5.41, 5.74) is 3.12. The molecule has 18 heavy (non-hydrogen) atoms. The van der Waals surface area contributed by atoms with Crippen molar-refractivity contribution in [2.45, 2.75) is 26.9 Å². The fourth-order valence-corrected chi connectivity index (χ4v) is 2.83. The number of aryl methyl sites for hydroxylation is 3. The first-order valence-electron chi connectivity index (χ1n) is 5.86. The lowest BCUT2D eigenvalue weighted by molar-refractivity contribution is 0.639. The van der Waals surface area contributed by atoms with E-state index in [0.717, 1.165) is 46.2 Å². The highest BCUT2D eigenvalue weighted by Crippen LogP contribution is 2.18. The minimum absolute atomic E-state index is 0.743. The molecule has 0 saturated heterocycles. The van der Waals surface area contributed by atoms with E-state index >= 15 is 0 Å². The molecule has 0 bridgehead atoms. The first kappa shape index (κ1) is 13.2. The van der Waals surface area contributed by atoms with E-state index < -0.39 is 0 Å². The Morgan fingerprint density at radius 3 is 3.00 bits per heavy atom. The molecule has 6 heteroatoms. The number of H-pyrrole nitrogens is 1. The summed E-state index contributed by atoms with van der Waals surface area (Å²) < 4.78 is 4.86. The predicted octanol–water partition coefficient (Wildman–Crippen LogP) is 2.59. The molecular weight excluding hydrogens is 264 g/mol. The van der Waals surface area contributed by atoms with Crippen LogP contribution < -0.4 is 0 Å². The van der Waals surface area contributed by atoms with Crippen LogP contribution in [0, 0.1) is 24.0 Å². The van der Waals surface area contributed by atoms with Gasteiger partial charge in [0, 0.05) is 18.8 Å². The zero-order valence-corrected chi connectivity index (χ0v) is 12.2. The van der Waals surface area contributed by atoms with E-state index in [2.05, 4.69) is 27.5 Å². The Balaban J connectivity index is 2.34. The number of hydrogen-bond donors (Lipinski definition) is 1. The minimum Gasteiger partial charge on any atom is -0.328 e. The van der Waals surface area contributed by atoms with Crippen LogP contribution in [-0.4, -0.2) is 30.8 Å². The summed E-state index contributed by atoms with van der Waals surface area (Å²) in [6, 6.07) is 0. The zero-order chi connectivity index (χ0) is 13.1. The molecule has 0 amide bonds.